The van der Waals surface area contributed by atoms with Crippen LogP contribution in [0.4, 0.5) is 4.39 Å². The van der Waals surface area contributed by atoms with E-state index >= 15 is 0 Å². The largest absolute Gasteiger partial charge is 0.339 e. The van der Waals surface area contributed by atoms with E-state index in [0.29, 0.717) is 22.8 Å². The van der Waals surface area contributed by atoms with Gasteiger partial charge in [0.05, 0.1) is 0 Å². The van der Waals surface area contributed by atoms with Crippen molar-refractivity contribution in [3.05, 3.63) is 35.6 Å². The van der Waals surface area contributed by atoms with Crippen molar-refractivity contribution in [3.63, 3.8) is 0 Å². The number of likely N-dealkylation sites (tertiary alicyclic amines) is 1. The Bertz CT molecular complexity index is 821. The van der Waals surface area contributed by atoms with Crippen LogP contribution in [0.1, 0.15) is 84.1 Å². The number of carbonyl (C=O) groups is 1. The van der Waals surface area contributed by atoms with Crippen LogP contribution < -0.4 is 0 Å². The van der Waals surface area contributed by atoms with Gasteiger partial charge in [-0.15, -0.1) is 0 Å². The molecule has 1 unspecified atom stereocenters. The SMILES string of the molecule is CCN1C(=O)CC[C@@]2(C)C1CC[C@H]1[C@@H]3CC[C@H](CCc4ccc(F)cc4)[C@@]3(C)CC[C@@H]12. The fourth-order valence-corrected chi connectivity index (χ4v) is 8.97. The Morgan fingerprint density at radius 3 is 2.45 bits per heavy atom. The van der Waals surface area contributed by atoms with E-state index in [1.807, 2.05) is 12.1 Å². The molecule has 1 aliphatic heterocycles. The second-order valence-corrected chi connectivity index (χ2v) is 11.6. The van der Waals surface area contributed by atoms with Crippen LogP contribution in [0.3, 0.4) is 0 Å². The van der Waals surface area contributed by atoms with E-state index in [1.54, 1.807) is 12.1 Å². The van der Waals surface area contributed by atoms with Gasteiger partial charge in [-0.25, -0.2) is 4.39 Å². The Labute approximate surface area is 188 Å². The van der Waals surface area contributed by atoms with E-state index < -0.39 is 0 Å². The normalized spacial score (nSPS) is 42.1. The highest BCUT2D eigenvalue weighted by Gasteiger charge is 2.61. The molecule has 0 N–H and O–H groups in total. The van der Waals surface area contributed by atoms with Gasteiger partial charge in [-0.3, -0.25) is 4.79 Å². The van der Waals surface area contributed by atoms with E-state index in [9.17, 15) is 9.18 Å². The molecule has 1 aromatic rings. The molecule has 1 heterocycles. The highest BCUT2D eigenvalue weighted by Crippen LogP contribution is 2.66. The number of carbonyl (C=O) groups excluding carboxylic acids is 1. The van der Waals surface area contributed by atoms with Crippen LogP contribution >= 0.6 is 0 Å². The average molecular weight is 426 g/mol. The number of aryl methyl sites for hydroxylation is 1. The van der Waals surface area contributed by atoms with Crippen molar-refractivity contribution >= 4 is 5.91 Å². The van der Waals surface area contributed by atoms with Gasteiger partial charge in [0.2, 0.25) is 5.91 Å². The zero-order valence-corrected chi connectivity index (χ0v) is 19.7. The maximum absolute atomic E-state index is 13.3. The minimum absolute atomic E-state index is 0.134. The van der Waals surface area contributed by atoms with E-state index in [0.717, 1.165) is 49.5 Å². The topological polar surface area (TPSA) is 20.3 Å². The van der Waals surface area contributed by atoms with Crippen LogP contribution in [0.25, 0.3) is 0 Å². The molecule has 2 nitrogen and oxygen atoms in total. The van der Waals surface area contributed by atoms with Crippen LogP contribution in [0, 0.1) is 40.3 Å². The van der Waals surface area contributed by atoms with Gasteiger partial charge in [-0.05, 0) is 117 Å². The van der Waals surface area contributed by atoms with Crippen LogP contribution in [0.2, 0.25) is 0 Å². The van der Waals surface area contributed by atoms with E-state index in [2.05, 4.69) is 25.7 Å². The zero-order chi connectivity index (χ0) is 21.8. The molecular weight excluding hydrogens is 385 g/mol. The van der Waals surface area contributed by atoms with Gasteiger partial charge in [0.25, 0.3) is 0 Å². The first kappa shape index (κ1) is 21.5. The first-order valence-electron chi connectivity index (χ1n) is 12.9. The molecule has 3 aliphatic carbocycles. The summed E-state index contributed by atoms with van der Waals surface area (Å²) in [5.74, 6) is 3.56. The number of halogens is 1. The summed E-state index contributed by atoms with van der Waals surface area (Å²) in [6, 6.07) is 7.61. The van der Waals surface area contributed by atoms with Crippen molar-refractivity contribution in [3.8, 4) is 0 Å². The number of rotatable bonds is 4. The van der Waals surface area contributed by atoms with Crippen molar-refractivity contribution in [2.75, 3.05) is 6.54 Å². The molecule has 170 valence electrons. The van der Waals surface area contributed by atoms with Crippen molar-refractivity contribution < 1.29 is 9.18 Å². The first-order valence-corrected chi connectivity index (χ1v) is 12.9. The molecule has 0 spiro atoms. The second-order valence-electron chi connectivity index (χ2n) is 11.6. The fraction of sp³-hybridized carbons (Fsp3) is 0.750. The lowest BCUT2D eigenvalue weighted by molar-refractivity contribution is -0.161. The fourth-order valence-electron chi connectivity index (χ4n) is 8.97. The standard InChI is InChI=1S/C28H40FNO/c1-4-30-25-14-12-22-23-13-9-20(8-5-19-6-10-21(29)11-7-19)27(23,2)17-15-24(22)28(25,3)18-16-26(30)31/h6-7,10-11,20,22-25H,4-5,8-9,12-18H2,1-3H3/t20-,22-,23-,24-,25?,27+,28+/m0/s1. The summed E-state index contributed by atoms with van der Waals surface area (Å²) >= 11 is 0. The van der Waals surface area contributed by atoms with Crippen molar-refractivity contribution in [1.82, 2.24) is 4.90 Å². The summed E-state index contributed by atoms with van der Waals surface area (Å²) in [6.45, 7) is 8.18. The smallest absolute Gasteiger partial charge is 0.222 e. The molecule has 7 atom stereocenters. The van der Waals surface area contributed by atoms with Crippen LogP contribution in [-0.4, -0.2) is 23.4 Å². The predicted octanol–water partition coefficient (Wildman–Crippen LogP) is 6.63. The Hall–Kier alpha value is -1.38. The van der Waals surface area contributed by atoms with Crippen molar-refractivity contribution in [2.24, 2.45) is 34.5 Å². The molecule has 0 aromatic heterocycles. The summed E-state index contributed by atoms with van der Waals surface area (Å²) in [4.78, 5) is 14.8. The number of benzene rings is 1. The zero-order valence-electron chi connectivity index (χ0n) is 19.7. The first-order chi connectivity index (χ1) is 14.9. The third-order valence-electron chi connectivity index (χ3n) is 10.6. The molecule has 5 rings (SSSR count). The Morgan fingerprint density at radius 2 is 1.71 bits per heavy atom. The Balaban J connectivity index is 1.31. The summed E-state index contributed by atoms with van der Waals surface area (Å²) in [5, 5.41) is 0. The van der Waals surface area contributed by atoms with Crippen molar-refractivity contribution in [2.45, 2.75) is 91.0 Å². The monoisotopic (exact) mass is 425 g/mol. The van der Waals surface area contributed by atoms with Gasteiger partial charge in [-0.2, -0.15) is 0 Å². The van der Waals surface area contributed by atoms with Gasteiger partial charge < -0.3 is 4.90 Å². The summed E-state index contributed by atoms with van der Waals surface area (Å²) in [6.07, 6.45) is 12.2. The lowest BCUT2D eigenvalue weighted by atomic mass is 9.46. The minimum Gasteiger partial charge on any atom is -0.339 e. The molecule has 0 bridgehead atoms. The van der Waals surface area contributed by atoms with Gasteiger partial charge >= 0.3 is 0 Å². The van der Waals surface area contributed by atoms with Gasteiger partial charge in [0, 0.05) is 19.0 Å². The van der Waals surface area contributed by atoms with Gasteiger partial charge in [0.1, 0.15) is 5.82 Å². The van der Waals surface area contributed by atoms with Gasteiger partial charge in [-0.1, -0.05) is 26.0 Å². The quantitative estimate of drug-likeness (QED) is 0.530. The Morgan fingerprint density at radius 1 is 0.968 bits per heavy atom. The number of amides is 1. The lowest BCUT2D eigenvalue weighted by Crippen LogP contribution is -2.62. The van der Waals surface area contributed by atoms with Crippen LogP contribution in [0.5, 0.6) is 0 Å². The van der Waals surface area contributed by atoms with Gasteiger partial charge in [0.15, 0.2) is 0 Å². The highest BCUT2D eigenvalue weighted by atomic mass is 19.1. The molecular formula is C28H40FNO. The van der Waals surface area contributed by atoms with Crippen molar-refractivity contribution in [1.29, 1.82) is 0 Å². The van der Waals surface area contributed by atoms with Crippen LogP contribution in [-0.2, 0) is 11.2 Å². The molecule has 1 amide bonds. The molecule has 0 radical (unpaired) electrons. The minimum atomic E-state index is -0.134. The molecule has 3 saturated carbocycles. The number of hydrogen-bond donors (Lipinski definition) is 0. The number of hydrogen-bond acceptors (Lipinski definition) is 1. The molecule has 4 fully saturated rings. The summed E-state index contributed by atoms with van der Waals surface area (Å²) in [7, 11) is 0. The Kier molecular flexibility index (Phi) is 5.46. The number of piperidine rings is 1. The van der Waals surface area contributed by atoms with E-state index in [4.69, 9.17) is 0 Å². The van der Waals surface area contributed by atoms with Crippen LogP contribution in [0.15, 0.2) is 24.3 Å². The number of nitrogens with zero attached hydrogens (tertiary/aromatic N) is 1. The maximum Gasteiger partial charge on any atom is 0.222 e. The summed E-state index contributed by atoms with van der Waals surface area (Å²) in [5.41, 5.74) is 2.07. The highest BCUT2D eigenvalue weighted by molar-refractivity contribution is 5.77. The van der Waals surface area contributed by atoms with E-state index in [-0.39, 0.29) is 5.82 Å². The molecule has 31 heavy (non-hydrogen) atoms. The second kappa shape index (κ2) is 7.89. The number of fused-ring (bicyclic) bond motifs is 5. The maximum atomic E-state index is 13.3. The molecule has 1 saturated heterocycles. The average Bonchev–Trinajstić information content (AvgIpc) is 3.10. The molecule has 4 aliphatic rings. The lowest BCUT2D eigenvalue weighted by Gasteiger charge is -2.62. The summed E-state index contributed by atoms with van der Waals surface area (Å²) < 4.78 is 13.3. The molecule has 1 aromatic carbocycles. The third kappa shape index (κ3) is 3.37. The molecule has 3 heteroatoms. The van der Waals surface area contributed by atoms with E-state index in [1.165, 1.54) is 50.5 Å². The predicted molar refractivity (Wildman–Crippen MR) is 123 cm³/mol. The third-order valence-corrected chi connectivity index (χ3v) is 10.6.